The lowest BCUT2D eigenvalue weighted by atomic mass is 9.87. The second-order valence-corrected chi connectivity index (χ2v) is 6.79. The lowest BCUT2D eigenvalue weighted by molar-refractivity contribution is -0.167. The maximum absolute atomic E-state index is 13.9. The van der Waals surface area contributed by atoms with E-state index in [4.69, 9.17) is 22.1 Å². The Balaban J connectivity index is 1.88. The first-order valence-corrected chi connectivity index (χ1v) is 8.69. The number of benzene rings is 1. The summed E-state index contributed by atoms with van der Waals surface area (Å²) >= 11 is 5.73. The Bertz CT molecular complexity index is 936. The number of anilines is 1. The molecule has 0 saturated heterocycles. The van der Waals surface area contributed by atoms with Crippen molar-refractivity contribution in [2.45, 2.75) is 24.2 Å². The minimum absolute atomic E-state index is 0.0717. The Morgan fingerprint density at radius 3 is 2.72 bits per heavy atom. The van der Waals surface area contributed by atoms with E-state index in [1.54, 1.807) is 0 Å². The molecule has 1 amide bonds. The molecule has 1 aliphatic rings. The van der Waals surface area contributed by atoms with E-state index < -0.39 is 42.8 Å². The molecule has 0 unspecified atom stereocenters. The zero-order chi connectivity index (χ0) is 21.2. The van der Waals surface area contributed by atoms with Crippen LogP contribution < -0.4 is 11.1 Å². The number of carbonyl (C=O) groups is 1. The third-order valence-electron chi connectivity index (χ3n) is 4.31. The molecule has 0 saturated carbocycles. The number of aliphatic imine (C=N–C) groups is 1. The summed E-state index contributed by atoms with van der Waals surface area (Å²) < 4.78 is 58.6. The lowest BCUT2D eigenvalue weighted by Crippen LogP contribution is -2.48. The minimum Gasteiger partial charge on any atom is -0.451 e. The molecule has 2 atom stereocenters. The first-order valence-electron chi connectivity index (χ1n) is 8.31. The van der Waals surface area contributed by atoms with E-state index in [0.717, 1.165) is 0 Å². The van der Waals surface area contributed by atoms with Crippen molar-refractivity contribution in [3.8, 4) is 0 Å². The largest absolute Gasteiger partial charge is 0.451 e. The highest BCUT2D eigenvalue weighted by Crippen LogP contribution is 2.41. The van der Waals surface area contributed by atoms with Gasteiger partial charge in [-0.1, -0.05) is 23.7 Å². The van der Waals surface area contributed by atoms with Crippen LogP contribution in [0.3, 0.4) is 0 Å². The summed E-state index contributed by atoms with van der Waals surface area (Å²) in [6, 6.07) is 5.57. The molecule has 2 aromatic rings. The van der Waals surface area contributed by atoms with Gasteiger partial charge < -0.3 is 15.8 Å². The SMILES string of the molecule is NC1=N[C@H](C(F)(F)F)C[C@@](CF)(c2cccc(NC(=O)c3ccc(Cl)cn3)c2)O1. The summed E-state index contributed by atoms with van der Waals surface area (Å²) in [5, 5.41) is 2.89. The normalized spacial score (nSPS) is 21.8. The van der Waals surface area contributed by atoms with Crippen LogP contribution in [0.25, 0.3) is 0 Å². The molecule has 2 heterocycles. The van der Waals surface area contributed by atoms with Gasteiger partial charge in [0.1, 0.15) is 12.4 Å². The fourth-order valence-corrected chi connectivity index (χ4v) is 3.00. The van der Waals surface area contributed by atoms with Gasteiger partial charge in [0, 0.05) is 23.9 Å². The van der Waals surface area contributed by atoms with Crippen molar-refractivity contribution in [1.29, 1.82) is 0 Å². The molecule has 1 aromatic carbocycles. The molecule has 29 heavy (non-hydrogen) atoms. The van der Waals surface area contributed by atoms with Crippen molar-refractivity contribution in [2.75, 3.05) is 12.0 Å². The predicted molar refractivity (Wildman–Crippen MR) is 98.5 cm³/mol. The number of rotatable bonds is 4. The number of nitrogens with two attached hydrogens (primary N) is 1. The molecule has 0 fully saturated rings. The monoisotopic (exact) mass is 430 g/mol. The highest BCUT2D eigenvalue weighted by molar-refractivity contribution is 6.30. The first kappa shape index (κ1) is 20.8. The molecule has 3 rings (SSSR count). The van der Waals surface area contributed by atoms with Gasteiger partial charge >= 0.3 is 6.18 Å². The Morgan fingerprint density at radius 1 is 1.34 bits per heavy atom. The molecule has 154 valence electrons. The minimum atomic E-state index is -4.71. The van der Waals surface area contributed by atoms with Crippen LogP contribution in [0.2, 0.25) is 5.02 Å². The summed E-state index contributed by atoms with van der Waals surface area (Å²) in [4.78, 5) is 19.4. The quantitative estimate of drug-likeness (QED) is 0.722. The van der Waals surface area contributed by atoms with Crippen molar-refractivity contribution >= 4 is 29.2 Å². The highest BCUT2D eigenvalue weighted by atomic mass is 35.5. The molecule has 11 heteroatoms. The van der Waals surface area contributed by atoms with Crippen LogP contribution in [-0.4, -0.2) is 35.8 Å². The smallest absolute Gasteiger partial charge is 0.411 e. The zero-order valence-corrected chi connectivity index (χ0v) is 15.5. The van der Waals surface area contributed by atoms with Gasteiger partial charge in [0.25, 0.3) is 11.9 Å². The molecular formula is C18H15ClF4N4O2. The third kappa shape index (κ3) is 4.58. The van der Waals surface area contributed by atoms with Gasteiger partial charge in [-0.05, 0) is 24.3 Å². The topological polar surface area (TPSA) is 89.6 Å². The van der Waals surface area contributed by atoms with Crippen LogP contribution in [-0.2, 0) is 10.3 Å². The Hall–Kier alpha value is -2.88. The van der Waals surface area contributed by atoms with Crippen molar-refractivity contribution in [3.05, 3.63) is 58.9 Å². The molecule has 0 spiro atoms. The van der Waals surface area contributed by atoms with E-state index >= 15 is 0 Å². The van der Waals surface area contributed by atoms with Gasteiger partial charge in [-0.25, -0.2) is 14.4 Å². The number of hydrogen-bond acceptors (Lipinski definition) is 5. The summed E-state index contributed by atoms with van der Waals surface area (Å²) in [5.74, 6) is -0.577. The molecule has 0 aliphatic carbocycles. The van der Waals surface area contributed by atoms with E-state index in [1.807, 2.05) is 0 Å². The van der Waals surface area contributed by atoms with E-state index in [1.165, 1.54) is 42.6 Å². The standard InChI is InChI=1S/C18H15ClF4N4O2/c19-11-4-5-13(25-8-11)15(28)26-12-3-1-2-10(6-12)17(9-20)7-14(18(21,22)23)27-16(24)29-17/h1-6,8,14H,7,9H2,(H2,24,27)(H,26,28)/t14-,17+/m0/s1. The number of ether oxygens (including phenoxy) is 1. The molecule has 6 nitrogen and oxygen atoms in total. The van der Waals surface area contributed by atoms with Gasteiger partial charge in [0.05, 0.1) is 5.02 Å². The molecule has 0 radical (unpaired) electrons. The number of halogens is 5. The number of carbonyl (C=O) groups excluding carboxylic acids is 1. The third-order valence-corrected chi connectivity index (χ3v) is 4.53. The maximum Gasteiger partial charge on any atom is 0.411 e. The van der Waals surface area contributed by atoms with Gasteiger partial charge in [-0.3, -0.25) is 4.79 Å². The highest BCUT2D eigenvalue weighted by Gasteiger charge is 2.51. The van der Waals surface area contributed by atoms with Gasteiger partial charge in [-0.2, -0.15) is 13.2 Å². The number of nitrogens with one attached hydrogen (secondary N) is 1. The summed E-state index contributed by atoms with van der Waals surface area (Å²) in [7, 11) is 0. The Morgan fingerprint density at radius 2 is 2.10 bits per heavy atom. The van der Waals surface area contributed by atoms with Gasteiger partial charge in [-0.15, -0.1) is 0 Å². The summed E-state index contributed by atoms with van der Waals surface area (Å²) in [6.45, 7) is -1.27. The molecule has 1 aliphatic heterocycles. The number of alkyl halides is 4. The van der Waals surface area contributed by atoms with Crippen LogP contribution in [0.15, 0.2) is 47.6 Å². The number of pyridine rings is 1. The molecule has 0 bridgehead atoms. The van der Waals surface area contributed by atoms with Crippen molar-refractivity contribution in [1.82, 2.24) is 4.98 Å². The maximum atomic E-state index is 13.9. The van der Waals surface area contributed by atoms with Gasteiger partial charge in [0.15, 0.2) is 11.6 Å². The van der Waals surface area contributed by atoms with E-state index in [0.29, 0.717) is 5.02 Å². The van der Waals surface area contributed by atoms with E-state index in [-0.39, 0.29) is 16.9 Å². The van der Waals surface area contributed by atoms with E-state index in [2.05, 4.69) is 15.3 Å². The average molecular weight is 431 g/mol. The van der Waals surface area contributed by atoms with Crippen molar-refractivity contribution in [3.63, 3.8) is 0 Å². The van der Waals surface area contributed by atoms with Crippen LogP contribution >= 0.6 is 11.6 Å². The van der Waals surface area contributed by atoms with Crippen LogP contribution in [0.4, 0.5) is 23.2 Å². The predicted octanol–water partition coefficient (Wildman–Crippen LogP) is 3.82. The molecule has 1 aromatic heterocycles. The molecular weight excluding hydrogens is 416 g/mol. The average Bonchev–Trinajstić information content (AvgIpc) is 2.67. The van der Waals surface area contributed by atoms with E-state index in [9.17, 15) is 22.4 Å². The summed E-state index contributed by atoms with van der Waals surface area (Å²) in [6.07, 6.45) is -4.20. The Kier molecular flexibility index (Phi) is 5.65. The second-order valence-electron chi connectivity index (χ2n) is 6.36. The fraction of sp³-hybridized carbons (Fsp3) is 0.278. The summed E-state index contributed by atoms with van der Waals surface area (Å²) in [5.41, 5.74) is 3.77. The Labute approximate surface area is 167 Å². The van der Waals surface area contributed by atoms with Crippen LogP contribution in [0, 0.1) is 0 Å². The van der Waals surface area contributed by atoms with Crippen molar-refractivity contribution < 1.29 is 27.1 Å². The second kappa shape index (κ2) is 7.86. The molecule has 3 N–H and O–H groups in total. The van der Waals surface area contributed by atoms with Gasteiger partial charge in [0.2, 0.25) is 0 Å². The number of aromatic nitrogens is 1. The van der Waals surface area contributed by atoms with Crippen molar-refractivity contribution in [2.24, 2.45) is 10.7 Å². The first-order chi connectivity index (χ1) is 13.6. The van der Waals surface area contributed by atoms with Crippen LogP contribution in [0.1, 0.15) is 22.5 Å². The number of amides is 1. The zero-order valence-electron chi connectivity index (χ0n) is 14.7. The van der Waals surface area contributed by atoms with Crippen LogP contribution in [0.5, 0.6) is 0 Å². The number of hydrogen-bond donors (Lipinski definition) is 2. The lowest BCUT2D eigenvalue weighted by Gasteiger charge is -2.38. The fourth-order valence-electron chi connectivity index (χ4n) is 2.89. The number of nitrogens with zero attached hydrogens (tertiary/aromatic N) is 2. The number of amidine groups is 1.